The van der Waals surface area contributed by atoms with Crippen LogP contribution in [-0.4, -0.2) is 25.0 Å². The number of amides is 1. The molecule has 1 aromatic carbocycles. The summed E-state index contributed by atoms with van der Waals surface area (Å²) >= 11 is 0. The molecule has 1 N–H and O–H groups in total. The minimum absolute atomic E-state index is 0.0836. The summed E-state index contributed by atoms with van der Waals surface area (Å²) in [5.41, 5.74) is -0.0836. The van der Waals surface area contributed by atoms with Crippen molar-refractivity contribution in [3.05, 3.63) is 35.6 Å². The van der Waals surface area contributed by atoms with Gasteiger partial charge in [-0.25, -0.2) is 9.18 Å². The molecule has 1 rings (SSSR count). The Hall–Kier alpha value is -1.91. The number of carbonyl (C=O) groups is 2. The molecule has 0 aliphatic heterocycles. The third kappa shape index (κ3) is 3.77. The van der Waals surface area contributed by atoms with Gasteiger partial charge in [-0.3, -0.25) is 4.79 Å². The highest BCUT2D eigenvalue weighted by molar-refractivity contribution is 5.97. The van der Waals surface area contributed by atoms with Gasteiger partial charge in [-0.1, -0.05) is 32.4 Å². The van der Waals surface area contributed by atoms with E-state index in [2.05, 4.69) is 10.1 Å². The molecule has 4 nitrogen and oxygen atoms in total. The van der Waals surface area contributed by atoms with Crippen molar-refractivity contribution in [3.8, 4) is 0 Å². The van der Waals surface area contributed by atoms with Crippen LogP contribution in [0.25, 0.3) is 0 Å². The van der Waals surface area contributed by atoms with Crippen LogP contribution in [0.3, 0.4) is 0 Å². The van der Waals surface area contributed by atoms with Gasteiger partial charge in [0, 0.05) is 0 Å². The van der Waals surface area contributed by atoms with E-state index in [0.29, 0.717) is 6.42 Å². The van der Waals surface area contributed by atoms with Gasteiger partial charge >= 0.3 is 5.97 Å². The molecule has 0 fully saturated rings. The molecule has 0 radical (unpaired) electrons. The lowest BCUT2D eigenvalue weighted by Gasteiger charge is -2.21. The number of methoxy groups -OCH3 is 1. The van der Waals surface area contributed by atoms with Gasteiger partial charge in [0.2, 0.25) is 0 Å². The van der Waals surface area contributed by atoms with E-state index >= 15 is 0 Å². The van der Waals surface area contributed by atoms with E-state index in [1.54, 1.807) is 6.07 Å². The second-order valence-corrected chi connectivity index (χ2v) is 4.34. The zero-order valence-electron chi connectivity index (χ0n) is 11.3. The second-order valence-electron chi connectivity index (χ2n) is 4.34. The Labute approximate surface area is 112 Å². The van der Waals surface area contributed by atoms with Crippen LogP contribution in [0.2, 0.25) is 0 Å². The highest BCUT2D eigenvalue weighted by atomic mass is 19.1. The summed E-state index contributed by atoms with van der Waals surface area (Å²) in [6.07, 6.45) is 0.692. The molecule has 2 atom stereocenters. The second kappa shape index (κ2) is 6.87. The number of ether oxygens (including phenoxy) is 1. The average molecular weight is 267 g/mol. The number of hydrogen-bond donors (Lipinski definition) is 1. The molecule has 0 spiro atoms. The fourth-order valence-electron chi connectivity index (χ4n) is 1.66. The van der Waals surface area contributed by atoms with Crippen molar-refractivity contribution in [2.24, 2.45) is 5.92 Å². The third-order valence-electron chi connectivity index (χ3n) is 3.07. The first kappa shape index (κ1) is 15.1. The summed E-state index contributed by atoms with van der Waals surface area (Å²) in [6.45, 7) is 3.72. The molecule has 0 unspecified atom stereocenters. The molecular formula is C14H18FNO3. The fourth-order valence-corrected chi connectivity index (χ4v) is 1.66. The lowest BCUT2D eigenvalue weighted by molar-refractivity contribution is -0.144. The molecule has 0 saturated heterocycles. The number of esters is 1. The van der Waals surface area contributed by atoms with E-state index < -0.39 is 23.7 Å². The molecular weight excluding hydrogens is 249 g/mol. The fraction of sp³-hybridized carbons (Fsp3) is 0.429. The van der Waals surface area contributed by atoms with Crippen molar-refractivity contribution in [1.29, 1.82) is 0 Å². The Morgan fingerprint density at radius 1 is 1.37 bits per heavy atom. The molecule has 5 heteroatoms. The third-order valence-corrected chi connectivity index (χ3v) is 3.07. The van der Waals surface area contributed by atoms with Gasteiger partial charge in [0.05, 0.1) is 12.7 Å². The lowest BCUT2D eigenvalue weighted by atomic mass is 9.99. The van der Waals surface area contributed by atoms with Crippen LogP contribution in [0.15, 0.2) is 24.3 Å². The zero-order valence-corrected chi connectivity index (χ0v) is 11.3. The van der Waals surface area contributed by atoms with Gasteiger partial charge < -0.3 is 10.1 Å². The Kier molecular flexibility index (Phi) is 5.48. The van der Waals surface area contributed by atoms with E-state index in [1.165, 1.54) is 25.3 Å². The molecule has 104 valence electrons. The number of hydrogen-bond acceptors (Lipinski definition) is 3. The van der Waals surface area contributed by atoms with Gasteiger partial charge in [0.1, 0.15) is 11.9 Å². The molecule has 0 heterocycles. The Morgan fingerprint density at radius 3 is 2.53 bits per heavy atom. The summed E-state index contributed by atoms with van der Waals surface area (Å²) in [6, 6.07) is 4.86. The van der Waals surface area contributed by atoms with Crippen LogP contribution < -0.4 is 5.32 Å². The first-order valence-corrected chi connectivity index (χ1v) is 6.14. The standard InChI is InChI=1S/C14H18FNO3/c1-4-9(2)12(14(18)19-3)16-13(17)10-7-5-6-8-11(10)15/h5-9,12H,4H2,1-3H3,(H,16,17)/t9-,12-/m1/s1. The molecule has 1 aromatic rings. The predicted octanol–water partition coefficient (Wildman–Crippen LogP) is 2.14. The smallest absolute Gasteiger partial charge is 0.328 e. The lowest BCUT2D eigenvalue weighted by Crippen LogP contribution is -2.45. The molecule has 0 saturated carbocycles. The number of nitrogens with one attached hydrogen (secondary N) is 1. The first-order valence-electron chi connectivity index (χ1n) is 6.14. The maximum absolute atomic E-state index is 13.5. The highest BCUT2D eigenvalue weighted by Crippen LogP contribution is 2.12. The first-order chi connectivity index (χ1) is 9.01. The van der Waals surface area contributed by atoms with Crippen molar-refractivity contribution in [3.63, 3.8) is 0 Å². The largest absolute Gasteiger partial charge is 0.467 e. The molecule has 0 aromatic heterocycles. The molecule has 19 heavy (non-hydrogen) atoms. The van der Waals surface area contributed by atoms with Gasteiger partial charge in [-0.05, 0) is 18.1 Å². The topological polar surface area (TPSA) is 55.4 Å². The van der Waals surface area contributed by atoms with Crippen molar-refractivity contribution in [1.82, 2.24) is 5.32 Å². The average Bonchev–Trinajstić information content (AvgIpc) is 2.43. The van der Waals surface area contributed by atoms with E-state index in [1.807, 2.05) is 13.8 Å². The maximum Gasteiger partial charge on any atom is 0.328 e. The molecule has 0 bridgehead atoms. The summed E-state index contributed by atoms with van der Waals surface area (Å²) in [5, 5.41) is 2.52. The predicted molar refractivity (Wildman–Crippen MR) is 69.1 cm³/mol. The van der Waals surface area contributed by atoms with E-state index in [4.69, 9.17) is 0 Å². The van der Waals surface area contributed by atoms with Crippen molar-refractivity contribution in [2.45, 2.75) is 26.3 Å². The monoisotopic (exact) mass is 267 g/mol. The van der Waals surface area contributed by atoms with Gasteiger partial charge in [-0.2, -0.15) is 0 Å². The normalized spacial score (nSPS) is 13.5. The molecule has 0 aliphatic carbocycles. The van der Waals surface area contributed by atoms with Crippen LogP contribution in [0.1, 0.15) is 30.6 Å². The minimum Gasteiger partial charge on any atom is -0.467 e. The summed E-state index contributed by atoms with van der Waals surface area (Å²) < 4.78 is 18.1. The van der Waals surface area contributed by atoms with Gasteiger partial charge in [-0.15, -0.1) is 0 Å². The number of rotatable bonds is 5. The van der Waals surface area contributed by atoms with Crippen LogP contribution in [0.5, 0.6) is 0 Å². The van der Waals surface area contributed by atoms with Crippen molar-refractivity contribution < 1.29 is 18.7 Å². The van der Waals surface area contributed by atoms with Crippen LogP contribution >= 0.6 is 0 Å². The van der Waals surface area contributed by atoms with E-state index in [0.717, 1.165) is 0 Å². The Morgan fingerprint density at radius 2 is 2.00 bits per heavy atom. The van der Waals surface area contributed by atoms with Crippen LogP contribution in [-0.2, 0) is 9.53 Å². The summed E-state index contributed by atoms with van der Waals surface area (Å²) in [7, 11) is 1.26. The summed E-state index contributed by atoms with van der Waals surface area (Å²) in [5.74, 6) is -1.86. The number of halogens is 1. The molecule has 0 aliphatic rings. The maximum atomic E-state index is 13.5. The quantitative estimate of drug-likeness (QED) is 0.832. The van der Waals surface area contributed by atoms with Gasteiger partial charge in [0.25, 0.3) is 5.91 Å². The Bertz CT molecular complexity index is 462. The van der Waals surface area contributed by atoms with Crippen molar-refractivity contribution in [2.75, 3.05) is 7.11 Å². The van der Waals surface area contributed by atoms with Crippen LogP contribution in [0, 0.1) is 11.7 Å². The van der Waals surface area contributed by atoms with Gasteiger partial charge in [0.15, 0.2) is 0 Å². The Balaban J connectivity index is 2.88. The number of carbonyl (C=O) groups excluding carboxylic acids is 2. The number of benzene rings is 1. The van der Waals surface area contributed by atoms with E-state index in [9.17, 15) is 14.0 Å². The minimum atomic E-state index is -0.776. The van der Waals surface area contributed by atoms with Crippen LogP contribution in [0.4, 0.5) is 4.39 Å². The zero-order chi connectivity index (χ0) is 14.4. The van der Waals surface area contributed by atoms with Crippen molar-refractivity contribution >= 4 is 11.9 Å². The highest BCUT2D eigenvalue weighted by Gasteiger charge is 2.27. The summed E-state index contributed by atoms with van der Waals surface area (Å²) in [4.78, 5) is 23.6. The SMILES string of the molecule is CC[C@@H](C)[C@@H](NC(=O)c1ccccc1F)C(=O)OC. The molecule has 1 amide bonds. The van der Waals surface area contributed by atoms with E-state index in [-0.39, 0.29) is 11.5 Å².